The van der Waals surface area contributed by atoms with Gasteiger partial charge in [0.05, 0.1) is 13.7 Å². The Kier molecular flexibility index (Phi) is 9.50. The quantitative estimate of drug-likeness (QED) is 0.609. The SMILES string of the molecule is CCOC(=O)N1CCC(NCc2cc(OC)ccc2OCC(O)CN(C)C)CC1. The summed E-state index contributed by atoms with van der Waals surface area (Å²) < 4.78 is 16.3. The summed E-state index contributed by atoms with van der Waals surface area (Å²) in [5, 5.41) is 13.6. The van der Waals surface area contributed by atoms with Gasteiger partial charge in [0.15, 0.2) is 0 Å². The molecule has 8 nitrogen and oxygen atoms in total. The topological polar surface area (TPSA) is 83.5 Å². The van der Waals surface area contributed by atoms with Crippen molar-refractivity contribution in [3.8, 4) is 11.5 Å². The molecule has 1 amide bonds. The minimum Gasteiger partial charge on any atom is -0.497 e. The lowest BCUT2D eigenvalue weighted by Crippen LogP contribution is -2.44. The fourth-order valence-corrected chi connectivity index (χ4v) is 3.36. The van der Waals surface area contributed by atoms with Crippen LogP contribution in [0.3, 0.4) is 0 Å². The van der Waals surface area contributed by atoms with E-state index in [1.165, 1.54) is 0 Å². The first-order chi connectivity index (χ1) is 13.9. The van der Waals surface area contributed by atoms with E-state index in [4.69, 9.17) is 14.2 Å². The van der Waals surface area contributed by atoms with Crippen LogP contribution in [0.4, 0.5) is 4.79 Å². The molecular weight excluding hydrogens is 374 g/mol. The largest absolute Gasteiger partial charge is 0.497 e. The Morgan fingerprint density at radius 2 is 2.07 bits per heavy atom. The van der Waals surface area contributed by atoms with Gasteiger partial charge in [-0.1, -0.05) is 0 Å². The van der Waals surface area contributed by atoms with E-state index in [1.54, 1.807) is 12.0 Å². The molecular formula is C21H35N3O5. The van der Waals surface area contributed by atoms with E-state index in [0.717, 1.165) is 29.9 Å². The number of amides is 1. The van der Waals surface area contributed by atoms with Gasteiger partial charge in [0, 0.05) is 37.8 Å². The molecule has 1 aliphatic heterocycles. The highest BCUT2D eigenvalue weighted by Crippen LogP contribution is 2.25. The number of nitrogens with one attached hydrogen (secondary N) is 1. The van der Waals surface area contributed by atoms with Gasteiger partial charge in [0.1, 0.15) is 24.2 Å². The molecule has 8 heteroatoms. The number of likely N-dealkylation sites (N-methyl/N-ethyl adjacent to an activating group) is 1. The summed E-state index contributed by atoms with van der Waals surface area (Å²) >= 11 is 0. The fraction of sp³-hybridized carbons (Fsp3) is 0.667. The zero-order chi connectivity index (χ0) is 21.2. The summed E-state index contributed by atoms with van der Waals surface area (Å²) in [5.74, 6) is 1.50. The Hall–Kier alpha value is -2.03. The van der Waals surface area contributed by atoms with E-state index < -0.39 is 6.10 Å². The second-order valence-electron chi connectivity index (χ2n) is 7.54. The lowest BCUT2D eigenvalue weighted by atomic mass is 10.0. The molecule has 1 saturated heterocycles. The van der Waals surface area contributed by atoms with Crippen LogP contribution in [0.15, 0.2) is 18.2 Å². The number of methoxy groups -OCH3 is 1. The van der Waals surface area contributed by atoms with Crippen molar-refractivity contribution in [2.45, 2.75) is 38.5 Å². The van der Waals surface area contributed by atoms with E-state index in [-0.39, 0.29) is 12.7 Å². The number of rotatable bonds is 10. The van der Waals surface area contributed by atoms with E-state index in [0.29, 0.717) is 38.8 Å². The Morgan fingerprint density at radius 1 is 1.34 bits per heavy atom. The standard InChI is InChI=1S/C21H35N3O5/c1-5-28-21(26)24-10-8-17(9-11-24)22-13-16-12-19(27-4)6-7-20(16)29-15-18(25)14-23(2)3/h6-7,12,17-18,22,25H,5,8-11,13-15H2,1-4H3. The number of carbonyl (C=O) groups excluding carboxylic acids is 1. The fourth-order valence-electron chi connectivity index (χ4n) is 3.36. The number of carbonyl (C=O) groups is 1. The van der Waals surface area contributed by atoms with Gasteiger partial charge in [0.2, 0.25) is 0 Å². The average molecular weight is 410 g/mol. The third-order valence-electron chi connectivity index (χ3n) is 4.88. The molecule has 1 unspecified atom stereocenters. The Bertz CT molecular complexity index is 633. The van der Waals surface area contributed by atoms with Gasteiger partial charge >= 0.3 is 6.09 Å². The molecule has 164 valence electrons. The molecule has 29 heavy (non-hydrogen) atoms. The molecule has 0 spiro atoms. The summed E-state index contributed by atoms with van der Waals surface area (Å²) in [7, 11) is 5.47. The smallest absolute Gasteiger partial charge is 0.409 e. The molecule has 0 aromatic heterocycles. The van der Waals surface area contributed by atoms with Crippen LogP contribution in [0.1, 0.15) is 25.3 Å². The third-order valence-corrected chi connectivity index (χ3v) is 4.88. The van der Waals surface area contributed by atoms with Crippen molar-refractivity contribution >= 4 is 6.09 Å². The van der Waals surface area contributed by atoms with E-state index in [9.17, 15) is 9.90 Å². The van der Waals surface area contributed by atoms with Crippen molar-refractivity contribution in [1.29, 1.82) is 0 Å². The van der Waals surface area contributed by atoms with E-state index in [2.05, 4.69) is 5.32 Å². The zero-order valence-electron chi connectivity index (χ0n) is 18.0. The number of nitrogens with zero attached hydrogens (tertiary/aromatic N) is 2. The Labute approximate surface area is 173 Å². The lowest BCUT2D eigenvalue weighted by molar-refractivity contribution is 0.0824. The van der Waals surface area contributed by atoms with Gasteiger partial charge < -0.3 is 34.4 Å². The van der Waals surface area contributed by atoms with Crippen LogP contribution in [0, 0.1) is 0 Å². The van der Waals surface area contributed by atoms with Gasteiger partial charge in [-0.3, -0.25) is 0 Å². The van der Waals surface area contributed by atoms with Crippen molar-refractivity contribution in [3.63, 3.8) is 0 Å². The van der Waals surface area contributed by atoms with Crippen molar-refractivity contribution in [2.24, 2.45) is 0 Å². The van der Waals surface area contributed by atoms with Gasteiger partial charge in [-0.15, -0.1) is 0 Å². The number of aliphatic hydroxyl groups is 1. The molecule has 1 heterocycles. The maximum absolute atomic E-state index is 11.8. The normalized spacial score (nSPS) is 16.0. The number of piperidine rings is 1. The van der Waals surface area contributed by atoms with Gasteiger partial charge in [-0.05, 0) is 52.1 Å². The molecule has 1 fully saturated rings. The first-order valence-electron chi connectivity index (χ1n) is 10.2. The average Bonchev–Trinajstić information content (AvgIpc) is 2.71. The number of hydrogen-bond donors (Lipinski definition) is 2. The first kappa shape index (κ1) is 23.3. The van der Waals surface area contributed by atoms with Crippen molar-refractivity contribution in [3.05, 3.63) is 23.8 Å². The Morgan fingerprint density at radius 3 is 2.69 bits per heavy atom. The monoisotopic (exact) mass is 409 g/mol. The molecule has 0 radical (unpaired) electrons. The van der Waals surface area contributed by atoms with Crippen molar-refractivity contribution < 1.29 is 24.1 Å². The number of likely N-dealkylation sites (tertiary alicyclic amines) is 1. The molecule has 2 N–H and O–H groups in total. The van der Waals surface area contributed by atoms with Gasteiger partial charge in [-0.25, -0.2) is 4.79 Å². The lowest BCUT2D eigenvalue weighted by Gasteiger charge is -2.32. The summed E-state index contributed by atoms with van der Waals surface area (Å²) in [4.78, 5) is 15.5. The third kappa shape index (κ3) is 7.72. The van der Waals surface area contributed by atoms with Crippen LogP contribution in [-0.4, -0.2) is 87.2 Å². The minimum atomic E-state index is -0.555. The van der Waals surface area contributed by atoms with Gasteiger partial charge in [-0.2, -0.15) is 0 Å². The molecule has 1 aromatic rings. The summed E-state index contributed by atoms with van der Waals surface area (Å²) in [6, 6.07) is 6.00. The summed E-state index contributed by atoms with van der Waals surface area (Å²) in [6.45, 7) is 5.00. The number of ether oxygens (including phenoxy) is 3. The molecule has 2 rings (SSSR count). The summed E-state index contributed by atoms with van der Waals surface area (Å²) in [5.41, 5.74) is 0.981. The highest BCUT2D eigenvalue weighted by Gasteiger charge is 2.23. The van der Waals surface area contributed by atoms with E-state index in [1.807, 2.05) is 44.1 Å². The van der Waals surface area contributed by atoms with Crippen LogP contribution >= 0.6 is 0 Å². The minimum absolute atomic E-state index is 0.231. The van der Waals surface area contributed by atoms with Crippen LogP contribution in [0.5, 0.6) is 11.5 Å². The maximum Gasteiger partial charge on any atom is 0.409 e. The van der Waals surface area contributed by atoms with Crippen molar-refractivity contribution in [1.82, 2.24) is 15.1 Å². The Balaban J connectivity index is 1.89. The first-order valence-corrected chi connectivity index (χ1v) is 10.2. The van der Waals surface area contributed by atoms with Crippen LogP contribution < -0.4 is 14.8 Å². The number of hydrogen-bond acceptors (Lipinski definition) is 7. The second kappa shape index (κ2) is 11.8. The van der Waals surface area contributed by atoms with Gasteiger partial charge in [0.25, 0.3) is 0 Å². The van der Waals surface area contributed by atoms with Crippen LogP contribution in [0.25, 0.3) is 0 Å². The second-order valence-corrected chi connectivity index (χ2v) is 7.54. The number of aliphatic hydroxyl groups excluding tert-OH is 1. The molecule has 1 atom stereocenters. The highest BCUT2D eigenvalue weighted by molar-refractivity contribution is 5.67. The highest BCUT2D eigenvalue weighted by atomic mass is 16.6. The zero-order valence-corrected chi connectivity index (χ0v) is 18.0. The van der Waals surface area contributed by atoms with Crippen LogP contribution in [-0.2, 0) is 11.3 Å². The van der Waals surface area contributed by atoms with E-state index >= 15 is 0 Å². The molecule has 1 aliphatic rings. The van der Waals surface area contributed by atoms with Crippen LogP contribution in [0.2, 0.25) is 0 Å². The molecule has 0 aliphatic carbocycles. The predicted molar refractivity (Wildman–Crippen MR) is 112 cm³/mol. The van der Waals surface area contributed by atoms with Crippen molar-refractivity contribution in [2.75, 3.05) is 54.1 Å². The number of benzene rings is 1. The maximum atomic E-state index is 11.8. The molecule has 0 bridgehead atoms. The predicted octanol–water partition coefficient (Wildman–Crippen LogP) is 1.71. The summed E-state index contributed by atoms with van der Waals surface area (Å²) in [6.07, 6.45) is 0.965. The molecule has 0 saturated carbocycles. The molecule has 1 aromatic carbocycles.